The van der Waals surface area contributed by atoms with Crippen LogP contribution < -0.4 is 108 Å². The average Bonchev–Trinajstić information content (AvgIpc) is 3.70. The Morgan fingerprint density at radius 2 is 0.964 bits per heavy atom. The zero-order chi connectivity index (χ0) is 38.4. The maximum absolute atomic E-state index is 14.6. The number of halogens is 6. The number of nitrogens with zero attached hydrogens (tertiary/aromatic N) is 1. The van der Waals surface area contributed by atoms with Gasteiger partial charge in [-0.05, 0) is 94.0 Å². The van der Waals surface area contributed by atoms with Crippen LogP contribution >= 0.6 is 72.8 Å². The summed E-state index contributed by atoms with van der Waals surface area (Å²) in [6.07, 6.45) is 0. The number of carbonyl (C=O) groups excluding carboxylic acids is 1. The summed E-state index contributed by atoms with van der Waals surface area (Å²) in [7, 11) is 4.47. The second-order valence-corrected chi connectivity index (χ2v) is 14.9. The van der Waals surface area contributed by atoms with Crippen LogP contribution in [0.4, 0.5) is 8.78 Å². The predicted octanol–water partition coefficient (Wildman–Crippen LogP) is 6.74. The zero-order valence-electron chi connectivity index (χ0n) is 30.0. The molecule has 0 saturated heterocycles. The fourth-order valence-corrected chi connectivity index (χ4v) is 6.87. The van der Waals surface area contributed by atoms with Gasteiger partial charge in [-0.3, -0.25) is 9.54 Å². The molecule has 17 heteroatoms. The van der Waals surface area contributed by atoms with Gasteiger partial charge in [-0.1, -0.05) is 75.9 Å². The summed E-state index contributed by atoms with van der Waals surface area (Å²) in [5.74, 6) is -2.51. The van der Waals surface area contributed by atoms with Crippen LogP contribution in [0.2, 0.25) is 0 Å². The normalized spacial score (nSPS) is 10.2. The number of fused-ring (bicyclic) bond motifs is 7. The summed E-state index contributed by atoms with van der Waals surface area (Å²) in [6.45, 7) is -0.181. The van der Waals surface area contributed by atoms with Crippen LogP contribution in [-0.2, 0) is 9.68 Å². The topological polar surface area (TPSA) is 128 Å². The third-order valence-electron chi connectivity index (χ3n) is 7.62. The van der Waals surface area contributed by atoms with Crippen molar-refractivity contribution in [3.05, 3.63) is 127 Å². The Hall–Kier alpha value is -0.897. The van der Waals surface area contributed by atoms with Gasteiger partial charge in [0.25, 0.3) is 6.47 Å². The molecule has 0 spiro atoms. The van der Waals surface area contributed by atoms with Crippen molar-refractivity contribution in [1.29, 1.82) is 0 Å². The number of phenols is 2. The summed E-state index contributed by atoms with van der Waals surface area (Å²) in [6, 6.07) is 28.0. The quantitative estimate of drug-likeness (QED) is 0.0660. The van der Waals surface area contributed by atoms with Gasteiger partial charge in [-0.2, -0.15) is 0 Å². The average molecular weight is 1070 g/mol. The molecule has 8 aromatic rings. The SMILES string of the molecule is Brc1ccc2oc3c(ccc4c5cc(Br)ccc5oc43)c2c1.CN=P.O=CO[O-].Oc1ccc(Br)cc1-c1ccc(-c2cc(Br)ccc2O)c(F)c1F.[H-].[K+].[K+]. The van der Waals surface area contributed by atoms with Gasteiger partial charge in [0.05, 0.1) is 0 Å². The van der Waals surface area contributed by atoms with Crippen molar-refractivity contribution >= 4 is 123 Å². The van der Waals surface area contributed by atoms with Crippen LogP contribution in [0, 0.1) is 11.6 Å². The third kappa shape index (κ3) is 11.4. The van der Waals surface area contributed by atoms with E-state index in [0.717, 1.165) is 52.8 Å². The van der Waals surface area contributed by atoms with E-state index in [1.165, 1.54) is 36.4 Å². The molecular weight excluding hydrogens is 1050 g/mol. The van der Waals surface area contributed by atoms with Gasteiger partial charge in [-0.15, -0.1) is 0 Å². The monoisotopic (exact) mass is 1070 g/mol. The zero-order valence-corrected chi connectivity index (χ0v) is 42.6. The van der Waals surface area contributed by atoms with Gasteiger partial charge in [0, 0.05) is 68.7 Å². The molecule has 0 bridgehead atoms. The molecule has 0 unspecified atom stereocenters. The minimum Gasteiger partial charge on any atom is -1.00 e. The third-order valence-corrected chi connectivity index (χ3v) is 9.59. The molecule has 0 atom stereocenters. The molecule has 2 aromatic heterocycles. The summed E-state index contributed by atoms with van der Waals surface area (Å²) in [5.41, 5.74) is 3.56. The van der Waals surface area contributed by atoms with Crippen LogP contribution in [0.1, 0.15) is 1.43 Å². The minimum atomic E-state index is -1.10. The second kappa shape index (κ2) is 22.5. The Labute approximate surface area is 435 Å². The summed E-state index contributed by atoms with van der Waals surface area (Å²) in [5, 5.41) is 32.6. The fraction of sp³-hybridized carbons (Fsp3) is 0.0263. The van der Waals surface area contributed by atoms with E-state index in [9.17, 15) is 19.0 Å². The number of hydrogen-bond acceptors (Lipinski definition) is 8. The van der Waals surface area contributed by atoms with Crippen molar-refractivity contribution in [2.45, 2.75) is 0 Å². The number of aromatic hydroxyl groups is 2. The van der Waals surface area contributed by atoms with E-state index in [2.05, 4.69) is 107 Å². The van der Waals surface area contributed by atoms with Gasteiger partial charge in [0.2, 0.25) is 0 Å². The molecule has 2 heterocycles. The Morgan fingerprint density at radius 3 is 1.31 bits per heavy atom. The number of carbonyl (C=O) groups is 1. The molecule has 0 saturated carbocycles. The van der Waals surface area contributed by atoms with Gasteiger partial charge in [0.15, 0.2) is 22.8 Å². The summed E-state index contributed by atoms with van der Waals surface area (Å²) in [4.78, 5) is 11.2. The van der Waals surface area contributed by atoms with E-state index in [4.69, 9.17) is 18.9 Å². The maximum Gasteiger partial charge on any atom is 1.00 e. The molecule has 55 heavy (non-hydrogen) atoms. The second-order valence-electron chi connectivity index (χ2n) is 10.8. The van der Waals surface area contributed by atoms with Crippen LogP contribution in [0.15, 0.2) is 129 Å². The smallest absolute Gasteiger partial charge is 1.00 e. The molecule has 0 aliphatic heterocycles. The van der Waals surface area contributed by atoms with E-state index in [1.807, 2.05) is 24.3 Å². The number of rotatable bonds is 3. The first kappa shape index (κ1) is 48.5. The molecular formula is C38H24Br4F2K2NO7P. The molecule has 272 valence electrons. The van der Waals surface area contributed by atoms with E-state index >= 15 is 0 Å². The minimum absolute atomic E-state index is 0. The molecule has 0 fully saturated rings. The first-order chi connectivity index (χ1) is 25.4. The summed E-state index contributed by atoms with van der Waals surface area (Å²) >= 11 is 13.5. The van der Waals surface area contributed by atoms with Crippen LogP contribution in [0.3, 0.4) is 0 Å². The Balaban J connectivity index is 0.000000318. The Morgan fingerprint density at radius 1 is 0.636 bits per heavy atom. The molecule has 0 radical (unpaired) electrons. The van der Waals surface area contributed by atoms with Gasteiger partial charge in [-0.25, -0.2) is 8.78 Å². The molecule has 8 rings (SSSR count). The fourth-order valence-electron chi connectivity index (χ4n) is 5.43. The van der Waals surface area contributed by atoms with Crippen LogP contribution in [0.5, 0.6) is 11.5 Å². The Kier molecular flexibility index (Phi) is 19.8. The Bertz CT molecular complexity index is 2480. The standard InChI is InChI=1S/C18H10Br2F2O2.C18H8Br2O2.CH4NP.CH2O3.2K.H/c19-9-1-5-15(23)13(7-9)11-3-4-12(18(22)17(11)21)14-8-10(20)2-6-16(14)24;19-9-1-5-15-13(7-9)11-3-4-12-14-8-10(20)2-6-16(14)22-18(12)17(11)21-15;1-2-3;2-1-4-3;;;/h1-8,23-24H;1-8H;3H,1H3;1,3H;;;/q;;;;2*+1;-1/p-1. The van der Waals surface area contributed by atoms with E-state index in [1.54, 1.807) is 19.2 Å². The van der Waals surface area contributed by atoms with E-state index in [-0.39, 0.29) is 144 Å². The van der Waals surface area contributed by atoms with Crippen molar-refractivity contribution in [1.82, 2.24) is 0 Å². The number of hydrogen-bond donors (Lipinski definition) is 2. The molecule has 2 N–H and O–H groups in total. The van der Waals surface area contributed by atoms with Gasteiger partial charge in [0.1, 0.15) is 22.7 Å². The van der Waals surface area contributed by atoms with Crippen molar-refractivity contribution in [3.63, 3.8) is 0 Å². The van der Waals surface area contributed by atoms with Crippen molar-refractivity contribution in [3.8, 4) is 33.8 Å². The van der Waals surface area contributed by atoms with Crippen LogP contribution in [-0.4, -0.2) is 23.7 Å². The van der Waals surface area contributed by atoms with Crippen molar-refractivity contribution in [2.24, 2.45) is 4.74 Å². The van der Waals surface area contributed by atoms with Crippen molar-refractivity contribution < 1.29 is 147 Å². The first-order valence-corrected chi connectivity index (χ1v) is 18.6. The van der Waals surface area contributed by atoms with Crippen molar-refractivity contribution in [2.75, 3.05) is 7.05 Å². The molecule has 0 aliphatic rings. The predicted molar refractivity (Wildman–Crippen MR) is 217 cm³/mol. The van der Waals surface area contributed by atoms with Crippen LogP contribution in [0.25, 0.3) is 66.1 Å². The molecule has 6 aromatic carbocycles. The molecule has 8 nitrogen and oxygen atoms in total. The largest absolute Gasteiger partial charge is 1.00 e. The molecule has 0 amide bonds. The van der Waals surface area contributed by atoms with Gasteiger partial charge < -0.3 is 30.6 Å². The molecule has 0 aliphatic carbocycles. The number of benzene rings is 6. The number of furan rings is 2. The van der Waals surface area contributed by atoms with Gasteiger partial charge >= 0.3 is 103 Å². The summed E-state index contributed by atoms with van der Waals surface area (Å²) < 4.78 is 47.9. The maximum atomic E-state index is 14.6. The first-order valence-electron chi connectivity index (χ1n) is 15.0. The van der Waals surface area contributed by atoms with E-state index < -0.39 is 11.6 Å². The van der Waals surface area contributed by atoms with E-state index in [0.29, 0.717) is 8.95 Å². The number of phenolic OH excluding ortho intramolecular Hbond substituents is 2.